The van der Waals surface area contributed by atoms with Crippen LogP contribution in [0.15, 0.2) is 0 Å². The molecular formula is C27H47NO4. The number of alkyl carbamates (subject to hydrolysis) is 1. The minimum Gasteiger partial charge on any atom is -0.460 e. The molecule has 0 spiro atoms. The predicted molar refractivity (Wildman–Crippen MR) is 127 cm³/mol. The molecule has 1 N–H and O–H groups in total. The predicted octanol–water partition coefficient (Wildman–Crippen LogP) is 6.49. The van der Waals surface area contributed by atoms with Gasteiger partial charge in [0.15, 0.2) is 0 Å². The SMILES string of the molecule is CC1CCC(C(C)C)C(OC(=O)NC2(C(=O)OC3CC(C(C)C)CCC3C)CCCC2)C1. The van der Waals surface area contributed by atoms with Crippen LogP contribution in [0.25, 0.3) is 0 Å². The Morgan fingerprint density at radius 2 is 1.53 bits per heavy atom. The number of esters is 1. The van der Waals surface area contributed by atoms with Crippen molar-refractivity contribution >= 4 is 12.1 Å². The van der Waals surface area contributed by atoms with Crippen LogP contribution in [0.4, 0.5) is 4.79 Å². The van der Waals surface area contributed by atoms with E-state index < -0.39 is 11.6 Å². The van der Waals surface area contributed by atoms with Gasteiger partial charge in [-0.3, -0.25) is 0 Å². The molecule has 3 saturated carbocycles. The fourth-order valence-corrected chi connectivity index (χ4v) is 6.30. The summed E-state index contributed by atoms with van der Waals surface area (Å²) < 4.78 is 12.1. The molecule has 5 heteroatoms. The quantitative estimate of drug-likeness (QED) is 0.471. The first-order chi connectivity index (χ1) is 15.1. The highest BCUT2D eigenvalue weighted by Gasteiger charge is 2.47. The molecule has 32 heavy (non-hydrogen) atoms. The summed E-state index contributed by atoms with van der Waals surface area (Å²) in [4.78, 5) is 26.4. The largest absolute Gasteiger partial charge is 0.460 e. The fourth-order valence-electron chi connectivity index (χ4n) is 6.30. The maximum Gasteiger partial charge on any atom is 0.408 e. The highest BCUT2D eigenvalue weighted by Crippen LogP contribution is 2.39. The van der Waals surface area contributed by atoms with Crippen LogP contribution < -0.4 is 5.32 Å². The van der Waals surface area contributed by atoms with E-state index in [0.717, 1.165) is 38.5 Å². The molecule has 1 amide bonds. The molecule has 0 aromatic carbocycles. The molecule has 0 heterocycles. The van der Waals surface area contributed by atoms with Crippen molar-refractivity contribution in [3.8, 4) is 0 Å². The Morgan fingerprint density at radius 3 is 2.16 bits per heavy atom. The second-order valence-electron chi connectivity index (χ2n) is 11.9. The van der Waals surface area contributed by atoms with Gasteiger partial charge in [0.1, 0.15) is 17.7 Å². The lowest BCUT2D eigenvalue weighted by atomic mass is 9.75. The summed E-state index contributed by atoms with van der Waals surface area (Å²) >= 11 is 0. The van der Waals surface area contributed by atoms with Crippen LogP contribution in [-0.2, 0) is 14.3 Å². The third-order valence-electron chi connectivity index (χ3n) is 8.77. The number of hydrogen-bond donors (Lipinski definition) is 1. The van der Waals surface area contributed by atoms with Crippen LogP contribution in [0.3, 0.4) is 0 Å². The second kappa shape index (κ2) is 10.8. The van der Waals surface area contributed by atoms with Gasteiger partial charge >= 0.3 is 12.1 Å². The maximum absolute atomic E-state index is 13.4. The summed E-state index contributed by atoms with van der Waals surface area (Å²) in [5, 5.41) is 3.02. The average Bonchev–Trinajstić information content (AvgIpc) is 3.18. The highest BCUT2D eigenvalue weighted by atomic mass is 16.6. The van der Waals surface area contributed by atoms with E-state index in [9.17, 15) is 9.59 Å². The molecular weight excluding hydrogens is 402 g/mol. The zero-order valence-electron chi connectivity index (χ0n) is 21.3. The molecule has 0 bridgehead atoms. The van der Waals surface area contributed by atoms with Gasteiger partial charge in [0.2, 0.25) is 0 Å². The van der Waals surface area contributed by atoms with E-state index in [2.05, 4.69) is 46.9 Å². The summed E-state index contributed by atoms with van der Waals surface area (Å²) in [6, 6.07) is 0. The minimum absolute atomic E-state index is 0.0524. The Hall–Kier alpha value is -1.26. The van der Waals surface area contributed by atoms with Crippen molar-refractivity contribution in [1.82, 2.24) is 5.32 Å². The Bertz CT molecular complexity index is 640. The fraction of sp³-hybridized carbons (Fsp3) is 0.926. The van der Waals surface area contributed by atoms with Crippen molar-refractivity contribution in [3.63, 3.8) is 0 Å². The number of carbonyl (C=O) groups is 2. The van der Waals surface area contributed by atoms with Gasteiger partial charge in [-0.25, -0.2) is 9.59 Å². The standard InChI is InChI=1S/C27H47NO4/c1-17(2)21-11-10-20(6)23(16-21)31-25(29)27(13-7-8-14-27)28-26(30)32-24-15-19(5)9-12-22(24)18(3)4/h17-24H,7-16H2,1-6H3,(H,28,30). The molecule has 3 aliphatic rings. The number of hydrogen-bond acceptors (Lipinski definition) is 4. The molecule has 0 saturated heterocycles. The lowest BCUT2D eigenvalue weighted by Crippen LogP contribution is -2.55. The van der Waals surface area contributed by atoms with Gasteiger partial charge in [-0.1, -0.05) is 60.8 Å². The third kappa shape index (κ3) is 5.99. The van der Waals surface area contributed by atoms with Crippen LogP contribution in [0.1, 0.15) is 106 Å². The van der Waals surface area contributed by atoms with Crippen molar-refractivity contribution < 1.29 is 19.1 Å². The van der Waals surface area contributed by atoms with Crippen LogP contribution in [0, 0.1) is 35.5 Å². The molecule has 6 unspecified atom stereocenters. The zero-order chi connectivity index (χ0) is 23.5. The van der Waals surface area contributed by atoms with E-state index in [1.807, 2.05) is 0 Å². The average molecular weight is 450 g/mol. The summed E-state index contributed by atoms with van der Waals surface area (Å²) in [6.45, 7) is 13.4. The van der Waals surface area contributed by atoms with Gasteiger partial charge in [0, 0.05) is 0 Å². The number of rotatable bonds is 6. The van der Waals surface area contributed by atoms with Crippen molar-refractivity contribution in [1.29, 1.82) is 0 Å². The minimum atomic E-state index is -0.921. The van der Waals surface area contributed by atoms with Crippen molar-refractivity contribution in [2.75, 3.05) is 0 Å². The normalized spacial score (nSPS) is 35.0. The molecule has 0 radical (unpaired) electrons. The molecule has 0 aliphatic heterocycles. The highest BCUT2D eigenvalue weighted by molar-refractivity contribution is 5.86. The van der Waals surface area contributed by atoms with Crippen LogP contribution in [0.2, 0.25) is 0 Å². The lowest BCUT2D eigenvalue weighted by Gasteiger charge is -2.39. The topological polar surface area (TPSA) is 64.6 Å². The molecule has 3 fully saturated rings. The van der Waals surface area contributed by atoms with E-state index in [1.54, 1.807) is 0 Å². The smallest absolute Gasteiger partial charge is 0.408 e. The van der Waals surface area contributed by atoms with Crippen LogP contribution in [0.5, 0.6) is 0 Å². The number of nitrogens with one attached hydrogen (secondary N) is 1. The number of carbonyl (C=O) groups excluding carboxylic acids is 2. The molecule has 0 aromatic heterocycles. The van der Waals surface area contributed by atoms with Crippen molar-refractivity contribution in [3.05, 3.63) is 0 Å². The monoisotopic (exact) mass is 449 g/mol. The second-order valence-corrected chi connectivity index (χ2v) is 11.9. The molecule has 184 valence electrons. The van der Waals surface area contributed by atoms with Gasteiger partial charge in [0.25, 0.3) is 0 Å². The van der Waals surface area contributed by atoms with E-state index in [4.69, 9.17) is 9.47 Å². The number of amides is 1. The Balaban J connectivity index is 1.64. The van der Waals surface area contributed by atoms with Crippen molar-refractivity contribution in [2.45, 2.75) is 123 Å². The summed E-state index contributed by atoms with van der Waals surface area (Å²) in [5.74, 6) is 2.76. The van der Waals surface area contributed by atoms with E-state index in [1.165, 1.54) is 12.8 Å². The third-order valence-corrected chi connectivity index (χ3v) is 8.77. The maximum atomic E-state index is 13.4. The first-order valence-electron chi connectivity index (χ1n) is 13.3. The van der Waals surface area contributed by atoms with Gasteiger partial charge in [-0.2, -0.15) is 0 Å². The van der Waals surface area contributed by atoms with E-state index in [0.29, 0.717) is 48.3 Å². The van der Waals surface area contributed by atoms with Gasteiger partial charge in [0.05, 0.1) is 0 Å². The Morgan fingerprint density at radius 1 is 0.844 bits per heavy atom. The summed E-state index contributed by atoms with van der Waals surface area (Å²) in [5.41, 5.74) is -0.921. The molecule has 0 aromatic rings. The van der Waals surface area contributed by atoms with Gasteiger partial charge < -0.3 is 14.8 Å². The van der Waals surface area contributed by atoms with E-state index in [-0.39, 0.29) is 18.2 Å². The molecule has 3 aliphatic carbocycles. The first-order valence-corrected chi connectivity index (χ1v) is 13.3. The first kappa shape index (κ1) is 25.4. The molecule has 6 atom stereocenters. The van der Waals surface area contributed by atoms with Gasteiger partial charge in [-0.05, 0) is 80.5 Å². The van der Waals surface area contributed by atoms with Crippen molar-refractivity contribution in [2.24, 2.45) is 35.5 Å². The summed E-state index contributed by atoms with van der Waals surface area (Å²) in [6.07, 6.45) is 9.02. The Kier molecular flexibility index (Phi) is 8.54. The molecule has 3 rings (SSSR count). The Labute approximate surface area is 195 Å². The van der Waals surface area contributed by atoms with Crippen LogP contribution in [-0.4, -0.2) is 29.8 Å². The van der Waals surface area contributed by atoms with E-state index >= 15 is 0 Å². The van der Waals surface area contributed by atoms with Gasteiger partial charge in [-0.15, -0.1) is 0 Å². The van der Waals surface area contributed by atoms with Crippen LogP contribution >= 0.6 is 0 Å². The number of ether oxygens (including phenoxy) is 2. The summed E-state index contributed by atoms with van der Waals surface area (Å²) in [7, 11) is 0. The molecule has 5 nitrogen and oxygen atoms in total. The zero-order valence-corrected chi connectivity index (χ0v) is 21.3. The lowest BCUT2D eigenvalue weighted by molar-refractivity contribution is -0.162.